The first-order chi connectivity index (χ1) is 16.4. The predicted molar refractivity (Wildman–Crippen MR) is 145 cm³/mol. The number of nitrogens with zero attached hydrogens (tertiary/aromatic N) is 1. The van der Waals surface area contributed by atoms with Crippen LogP contribution in [0.2, 0.25) is 5.02 Å². The molecule has 2 aromatic carbocycles. The molecule has 0 saturated heterocycles. The molecule has 0 amide bonds. The van der Waals surface area contributed by atoms with Crippen molar-refractivity contribution in [2.24, 2.45) is 0 Å². The lowest BCUT2D eigenvalue weighted by atomic mass is 9.77. The minimum Gasteiger partial charge on any atom is -0.490 e. The highest BCUT2D eigenvalue weighted by Gasteiger charge is 2.26. The van der Waals surface area contributed by atoms with Gasteiger partial charge in [-0.25, -0.2) is 13.4 Å². The molecule has 0 aliphatic heterocycles. The number of thiazole rings is 1. The maximum Gasteiger partial charge on any atom is 0.231 e. The van der Waals surface area contributed by atoms with Crippen molar-refractivity contribution >= 4 is 50.4 Å². The van der Waals surface area contributed by atoms with Gasteiger partial charge in [0.15, 0.2) is 5.82 Å². The van der Waals surface area contributed by atoms with E-state index >= 15 is 0 Å². The molecule has 0 bridgehead atoms. The monoisotopic (exact) mass is 556 g/mol. The zero-order valence-corrected chi connectivity index (χ0v) is 23.5. The van der Waals surface area contributed by atoms with Gasteiger partial charge in [-0.05, 0) is 40.8 Å². The van der Waals surface area contributed by atoms with Gasteiger partial charge in [0.2, 0.25) is 10.0 Å². The Morgan fingerprint density at radius 1 is 1.11 bits per heavy atom. The van der Waals surface area contributed by atoms with E-state index in [2.05, 4.69) is 43.5 Å². The van der Waals surface area contributed by atoms with Crippen LogP contribution >= 0.6 is 34.5 Å². The fraction of sp³-hybridized carbons (Fsp3) is 0.400. The van der Waals surface area contributed by atoms with Gasteiger partial charge in [-0.3, -0.25) is 4.72 Å². The van der Waals surface area contributed by atoms with Crippen LogP contribution in [0.15, 0.2) is 41.9 Å². The maximum atomic E-state index is 11.5. The largest absolute Gasteiger partial charge is 0.490 e. The molecule has 0 aliphatic carbocycles. The summed E-state index contributed by atoms with van der Waals surface area (Å²) in [5.74, 6) is 2.30. The number of rotatable bonds is 11. The minimum absolute atomic E-state index is 0.211. The Kier molecular flexibility index (Phi) is 8.96. The van der Waals surface area contributed by atoms with Crippen molar-refractivity contribution in [2.75, 3.05) is 23.5 Å². The van der Waals surface area contributed by atoms with Crippen molar-refractivity contribution in [1.29, 1.82) is 0 Å². The summed E-state index contributed by atoms with van der Waals surface area (Å²) in [6.07, 6.45) is 1.09. The van der Waals surface area contributed by atoms with Crippen LogP contribution in [-0.2, 0) is 22.0 Å². The van der Waals surface area contributed by atoms with E-state index < -0.39 is 10.0 Å². The van der Waals surface area contributed by atoms with Gasteiger partial charge in [-0.1, -0.05) is 57.5 Å². The second-order valence-electron chi connectivity index (χ2n) is 9.00. The molecular weight excluding hydrogens is 527 g/mol. The van der Waals surface area contributed by atoms with E-state index in [0.717, 1.165) is 22.9 Å². The number of aromatic nitrogens is 1. The molecule has 0 fully saturated rings. The Morgan fingerprint density at radius 3 is 2.40 bits per heavy atom. The van der Waals surface area contributed by atoms with E-state index in [9.17, 15) is 8.42 Å². The van der Waals surface area contributed by atoms with Crippen molar-refractivity contribution in [3.63, 3.8) is 0 Å². The normalized spacial score (nSPS) is 12.1. The minimum atomic E-state index is -3.40. The van der Waals surface area contributed by atoms with E-state index in [1.807, 2.05) is 30.3 Å². The third-order valence-electron chi connectivity index (χ3n) is 5.61. The number of halogens is 2. The summed E-state index contributed by atoms with van der Waals surface area (Å²) < 4.78 is 37.2. The van der Waals surface area contributed by atoms with Crippen molar-refractivity contribution in [2.45, 2.75) is 45.6 Å². The van der Waals surface area contributed by atoms with E-state index in [1.54, 1.807) is 5.51 Å². The molecule has 0 saturated carbocycles. The van der Waals surface area contributed by atoms with Crippen LogP contribution in [0.25, 0.3) is 0 Å². The van der Waals surface area contributed by atoms with E-state index in [0.29, 0.717) is 39.7 Å². The lowest BCUT2D eigenvalue weighted by Crippen LogP contribution is -2.19. The summed E-state index contributed by atoms with van der Waals surface area (Å²) in [5.41, 5.74) is 4.50. The van der Waals surface area contributed by atoms with Crippen LogP contribution in [0.1, 0.15) is 55.2 Å². The number of alkyl halides is 1. The highest BCUT2D eigenvalue weighted by Crippen LogP contribution is 2.41. The number of sulfonamides is 1. The second kappa shape index (κ2) is 11.4. The van der Waals surface area contributed by atoms with Gasteiger partial charge < -0.3 is 9.47 Å². The zero-order valence-electron chi connectivity index (χ0n) is 20.4. The molecule has 0 unspecified atom stereocenters. The molecule has 1 aromatic heterocycles. The van der Waals surface area contributed by atoms with Crippen molar-refractivity contribution in [3.05, 3.63) is 68.5 Å². The van der Waals surface area contributed by atoms with Gasteiger partial charge in [-0.2, -0.15) is 0 Å². The molecule has 35 heavy (non-hydrogen) atoms. The zero-order chi connectivity index (χ0) is 25.8. The van der Waals surface area contributed by atoms with Gasteiger partial charge in [-0.15, -0.1) is 22.9 Å². The average Bonchev–Trinajstić information content (AvgIpc) is 3.21. The molecule has 3 rings (SSSR count). The smallest absolute Gasteiger partial charge is 0.231 e. The van der Waals surface area contributed by atoms with E-state index in [4.69, 9.17) is 32.7 Å². The van der Waals surface area contributed by atoms with Crippen LogP contribution in [0, 0.1) is 0 Å². The van der Waals surface area contributed by atoms with Gasteiger partial charge in [0, 0.05) is 5.41 Å². The highest BCUT2D eigenvalue weighted by atomic mass is 35.5. The van der Waals surface area contributed by atoms with Crippen molar-refractivity contribution < 1.29 is 17.9 Å². The number of hydrogen-bond donors (Lipinski definition) is 1. The van der Waals surface area contributed by atoms with Crippen LogP contribution < -0.4 is 14.2 Å². The fourth-order valence-electron chi connectivity index (χ4n) is 3.61. The quantitative estimate of drug-likeness (QED) is 0.262. The van der Waals surface area contributed by atoms with Crippen LogP contribution in [0.3, 0.4) is 0 Å². The third kappa shape index (κ3) is 7.03. The van der Waals surface area contributed by atoms with Gasteiger partial charge in [0.25, 0.3) is 0 Å². The number of anilines is 1. The van der Waals surface area contributed by atoms with Crippen molar-refractivity contribution in [3.8, 4) is 11.5 Å². The first-order valence-corrected chi connectivity index (χ1v) is 14.8. The molecule has 6 nitrogen and oxygen atoms in total. The standard InChI is InChI=1S/C25H30Cl2N2O4S2/c1-16(2)20-12-18(13-21(27)23(20)32-11-10-26)25(3,4)17-6-8-19(9-7-17)33-14-22-24(28-15-34-22)29-35(5,30)31/h6-9,12-13,15-16,29H,10-11,14H2,1-5H3. The molecule has 1 heterocycles. The number of hydrogen-bond acceptors (Lipinski definition) is 6. The Morgan fingerprint density at radius 2 is 1.80 bits per heavy atom. The molecular formula is C25H30Cl2N2O4S2. The summed E-state index contributed by atoms with van der Waals surface area (Å²) in [6, 6.07) is 12.0. The fourth-order valence-corrected chi connectivity index (χ4v) is 5.19. The molecule has 190 valence electrons. The van der Waals surface area contributed by atoms with Gasteiger partial charge >= 0.3 is 0 Å². The molecule has 0 radical (unpaired) electrons. The Bertz CT molecular complexity index is 1260. The third-order valence-corrected chi connectivity index (χ3v) is 7.41. The Hall–Kier alpha value is -2.00. The molecule has 3 aromatic rings. The summed E-state index contributed by atoms with van der Waals surface area (Å²) in [6.45, 7) is 9.14. The topological polar surface area (TPSA) is 77.5 Å². The average molecular weight is 558 g/mol. The maximum absolute atomic E-state index is 11.5. The summed E-state index contributed by atoms with van der Waals surface area (Å²) in [7, 11) is -3.40. The van der Waals surface area contributed by atoms with Crippen LogP contribution in [0.4, 0.5) is 5.82 Å². The number of nitrogens with one attached hydrogen (secondary N) is 1. The van der Waals surface area contributed by atoms with E-state index in [-0.39, 0.29) is 17.9 Å². The van der Waals surface area contributed by atoms with E-state index in [1.165, 1.54) is 11.3 Å². The van der Waals surface area contributed by atoms with Gasteiger partial charge in [0.05, 0.1) is 27.5 Å². The molecule has 0 atom stereocenters. The first-order valence-electron chi connectivity index (χ1n) is 11.1. The second-order valence-corrected chi connectivity index (χ2v) is 12.5. The van der Waals surface area contributed by atoms with Crippen LogP contribution in [0.5, 0.6) is 11.5 Å². The molecule has 10 heteroatoms. The van der Waals surface area contributed by atoms with Crippen LogP contribution in [-0.4, -0.2) is 32.1 Å². The molecule has 0 aliphatic rings. The highest BCUT2D eigenvalue weighted by molar-refractivity contribution is 7.92. The Balaban J connectivity index is 1.79. The molecule has 1 N–H and O–H groups in total. The first kappa shape index (κ1) is 27.6. The SMILES string of the molecule is CC(C)c1cc(C(C)(C)c2ccc(OCc3scnc3NS(C)(=O)=O)cc2)cc(Cl)c1OCCCl. The Labute approximate surface area is 221 Å². The predicted octanol–water partition coefficient (Wildman–Crippen LogP) is 6.81. The lowest BCUT2D eigenvalue weighted by Gasteiger charge is -2.28. The molecule has 0 spiro atoms. The summed E-state index contributed by atoms with van der Waals surface area (Å²) >= 11 is 13.8. The van der Waals surface area contributed by atoms with Gasteiger partial charge in [0.1, 0.15) is 24.7 Å². The van der Waals surface area contributed by atoms with Crippen molar-refractivity contribution in [1.82, 2.24) is 4.98 Å². The number of benzene rings is 2. The number of ether oxygens (including phenoxy) is 2. The summed E-state index contributed by atoms with van der Waals surface area (Å²) in [5, 5.41) is 0.576. The lowest BCUT2D eigenvalue weighted by molar-refractivity contribution is 0.310. The summed E-state index contributed by atoms with van der Waals surface area (Å²) in [4.78, 5) is 4.77.